The molecule has 2 N–H and O–H groups in total. The number of hydrogen-bond donors (Lipinski definition) is 2. The number of carbonyl (C=O) groups excluding carboxylic acids is 1. The molecule has 7 nitrogen and oxygen atoms in total. The molecular formula is C29H28N4O3S. The minimum Gasteiger partial charge on any atom is -0.493 e. The minimum absolute atomic E-state index is 0.0702. The van der Waals surface area contributed by atoms with E-state index in [0.29, 0.717) is 41.1 Å². The minimum atomic E-state index is 0.0702. The van der Waals surface area contributed by atoms with Gasteiger partial charge >= 0.3 is 0 Å². The van der Waals surface area contributed by atoms with Gasteiger partial charge < -0.3 is 20.1 Å². The van der Waals surface area contributed by atoms with E-state index >= 15 is 0 Å². The van der Waals surface area contributed by atoms with Crippen LogP contribution in [0.4, 0.5) is 5.69 Å². The Labute approximate surface area is 221 Å². The number of anilines is 1. The highest BCUT2D eigenvalue weighted by Gasteiger charge is 2.16. The van der Waals surface area contributed by atoms with E-state index in [-0.39, 0.29) is 11.7 Å². The van der Waals surface area contributed by atoms with Crippen LogP contribution in [0, 0.1) is 0 Å². The van der Waals surface area contributed by atoms with Crippen molar-refractivity contribution in [3.8, 4) is 17.4 Å². The highest BCUT2D eigenvalue weighted by Crippen LogP contribution is 2.34. The zero-order chi connectivity index (χ0) is 26.0. The molecule has 3 aromatic carbocycles. The number of ether oxygens (including phenoxy) is 2. The van der Waals surface area contributed by atoms with Crippen LogP contribution in [0.5, 0.6) is 17.4 Å². The van der Waals surface area contributed by atoms with Crippen molar-refractivity contribution in [2.75, 3.05) is 19.0 Å². The third-order valence-corrected chi connectivity index (χ3v) is 5.93. The largest absolute Gasteiger partial charge is 0.493 e. The van der Waals surface area contributed by atoms with Gasteiger partial charge in [0.15, 0.2) is 16.6 Å². The Morgan fingerprint density at radius 1 is 0.973 bits per heavy atom. The molecule has 4 aromatic rings. The number of carbonyl (C=O) groups is 1. The van der Waals surface area contributed by atoms with Crippen molar-refractivity contribution >= 4 is 28.8 Å². The first-order valence-electron chi connectivity index (χ1n) is 11.8. The average molecular weight is 513 g/mol. The molecule has 0 fully saturated rings. The lowest BCUT2D eigenvalue weighted by Gasteiger charge is -2.20. The molecule has 1 heterocycles. The van der Waals surface area contributed by atoms with Crippen LogP contribution < -0.4 is 20.1 Å². The smallest absolute Gasteiger partial charge is 0.246 e. The Morgan fingerprint density at radius 2 is 1.65 bits per heavy atom. The maximum atomic E-state index is 11.5. The Hall–Kier alpha value is -4.30. The van der Waals surface area contributed by atoms with Crippen molar-refractivity contribution in [3.63, 3.8) is 0 Å². The van der Waals surface area contributed by atoms with Crippen LogP contribution in [-0.2, 0) is 11.2 Å². The van der Waals surface area contributed by atoms with Gasteiger partial charge in [0.1, 0.15) is 17.8 Å². The van der Waals surface area contributed by atoms with Gasteiger partial charge in [-0.3, -0.25) is 4.79 Å². The first kappa shape index (κ1) is 25.8. The number of thiocarbonyl (C=S) groups is 1. The molecular weight excluding hydrogens is 484 g/mol. The number of benzene rings is 3. The van der Waals surface area contributed by atoms with Gasteiger partial charge in [0.25, 0.3) is 0 Å². The second kappa shape index (κ2) is 12.6. The van der Waals surface area contributed by atoms with Crippen LogP contribution in [0.1, 0.15) is 29.5 Å². The van der Waals surface area contributed by atoms with Gasteiger partial charge in [0.2, 0.25) is 5.88 Å². The molecule has 37 heavy (non-hydrogen) atoms. The molecule has 0 radical (unpaired) electrons. The van der Waals surface area contributed by atoms with Crippen LogP contribution in [0.2, 0.25) is 0 Å². The summed E-state index contributed by atoms with van der Waals surface area (Å²) in [6, 6.07) is 26.0. The molecule has 0 saturated carbocycles. The molecule has 0 spiro atoms. The van der Waals surface area contributed by atoms with E-state index in [0.717, 1.165) is 5.56 Å². The molecule has 0 bridgehead atoms. The van der Waals surface area contributed by atoms with Gasteiger partial charge in [-0.2, -0.15) is 4.98 Å². The average Bonchev–Trinajstić information content (AvgIpc) is 2.91. The van der Waals surface area contributed by atoms with Crippen molar-refractivity contribution in [3.05, 3.63) is 108 Å². The normalized spacial score (nSPS) is 10.6. The fourth-order valence-electron chi connectivity index (χ4n) is 3.94. The van der Waals surface area contributed by atoms with E-state index in [1.807, 2.05) is 42.5 Å². The highest BCUT2D eigenvalue weighted by atomic mass is 32.1. The highest BCUT2D eigenvalue weighted by molar-refractivity contribution is 7.80. The van der Waals surface area contributed by atoms with Crippen LogP contribution in [0.15, 0.2) is 91.4 Å². The number of nitrogens with zero attached hydrogens (tertiary/aromatic N) is 2. The fraction of sp³-hybridized carbons (Fsp3) is 0.172. The van der Waals surface area contributed by atoms with Crippen LogP contribution in [0.25, 0.3) is 0 Å². The molecule has 0 amide bonds. The Morgan fingerprint density at radius 3 is 2.27 bits per heavy atom. The second-order valence-electron chi connectivity index (χ2n) is 8.42. The van der Waals surface area contributed by atoms with E-state index in [1.54, 1.807) is 32.4 Å². The van der Waals surface area contributed by atoms with E-state index in [9.17, 15) is 4.79 Å². The molecule has 0 atom stereocenters. The topological polar surface area (TPSA) is 85.4 Å². The molecule has 0 saturated heterocycles. The molecule has 188 valence electrons. The molecule has 1 aromatic heterocycles. The Balaban J connectivity index is 1.47. The van der Waals surface area contributed by atoms with Crippen molar-refractivity contribution in [2.45, 2.75) is 19.3 Å². The van der Waals surface area contributed by atoms with Crippen molar-refractivity contribution in [1.29, 1.82) is 0 Å². The molecule has 8 heteroatoms. The maximum Gasteiger partial charge on any atom is 0.246 e. The maximum absolute atomic E-state index is 11.5. The van der Waals surface area contributed by atoms with Crippen LogP contribution in [0.3, 0.4) is 0 Å². The predicted octanol–water partition coefficient (Wildman–Crippen LogP) is 5.53. The number of Topliss-reactive ketones (excluding diaryl/α,β-unsaturated/α-hetero) is 1. The summed E-state index contributed by atoms with van der Waals surface area (Å²) in [7, 11) is 1.55. The van der Waals surface area contributed by atoms with Gasteiger partial charge in [-0.1, -0.05) is 66.7 Å². The predicted molar refractivity (Wildman–Crippen MR) is 148 cm³/mol. The molecule has 0 aliphatic carbocycles. The summed E-state index contributed by atoms with van der Waals surface area (Å²) in [5, 5.41) is 6.89. The number of nitrogens with one attached hydrogen (secondary N) is 2. The van der Waals surface area contributed by atoms with Gasteiger partial charge in [0, 0.05) is 18.9 Å². The molecule has 0 aliphatic rings. The summed E-state index contributed by atoms with van der Waals surface area (Å²) in [5.74, 6) is 1.43. The summed E-state index contributed by atoms with van der Waals surface area (Å²) < 4.78 is 11.5. The lowest BCUT2D eigenvalue weighted by molar-refractivity contribution is -0.116. The van der Waals surface area contributed by atoms with E-state index < -0.39 is 0 Å². The zero-order valence-corrected chi connectivity index (χ0v) is 21.5. The third kappa shape index (κ3) is 7.11. The number of methoxy groups -OCH3 is 1. The lowest BCUT2D eigenvalue weighted by Crippen LogP contribution is -2.32. The summed E-state index contributed by atoms with van der Waals surface area (Å²) >= 11 is 5.59. The van der Waals surface area contributed by atoms with Crippen molar-refractivity contribution in [1.82, 2.24) is 15.3 Å². The van der Waals surface area contributed by atoms with E-state index in [4.69, 9.17) is 21.7 Å². The zero-order valence-electron chi connectivity index (χ0n) is 20.7. The van der Waals surface area contributed by atoms with E-state index in [2.05, 4.69) is 44.9 Å². The number of aromatic nitrogens is 2. The number of rotatable bonds is 10. The van der Waals surface area contributed by atoms with Gasteiger partial charge in [-0.25, -0.2) is 4.98 Å². The second-order valence-corrected chi connectivity index (χ2v) is 8.82. The Kier molecular flexibility index (Phi) is 8.78. The summed E-state index contributed by atoms with van der Waals surface area (Å²) in [4.78, 5) is 19.9. The lowest BCUT2D eigenvalue weighted by atomic mass is 9.91. The summed E-state index contributed by atoms with van der Waals surface area (Å²) in [5.41, 5.74) is 3.73. The molecule has 0 aliphatic heterocycles. The van der Waals surface area contributed by atoms with Gasteiger partial charge in [-0.15, -0.1) is 0 Å². The fourth-order valence-corrected chi connectivity index (χ4v) is 4.14. The summed E-state index contributed by atoms with van der Waals surface area (Å²) in [6.45, 7) is 2.14. The Bertz CT molecular complexity index is 1310. The van der Waals surface area contributed by atoms with Crippen molar-refractivity contribution in [2.24, 2.45) is 0 Å². The van der Waals surface area contributed by atoms with Crippen molar-refractivity contribution < 1.29 is 14.3 Å². The van der Waals surface area contributed by atoms with E-state index in [1.165, 1.54) is 17.5 Å². The monoisotopic (exact) mass is 512 g/mol. The van der Waals surface area contributed by atoms with Gasteiger partial charge in [-0.05, 0) is 48.0 Å². The summed E-state index contributed by atoms with van der Waals surface area (Å²) in [6.07, 6.45) is 3.32. The first-order valence-corrected chi connectivity index (χ1v) is 12.2. The van der Waals surface area contributed by atoms with Crippen LogP contribution in [-0.4, -0.2) is 34.5 Å². The standard InChI is InChI=1S/C29H28N4O3S/c1-20(34)15-21-13-14-26(27(16-21)35-2)36-28-25(18-30-19-32-28)33-29(37)31-17-24(22-9-5-3-6-10-22)23-11-7-4-8-12-23/h3-14,16,18-19,24H,15,17H2,1-2H3,(H2,31,33,37). The SMILES string of the molecule is COc1cc(CC(C)=O)ccc1Oc1ncncc1NC(=S)NCC(c1ccccc1)c1ccccc1. The van der Waals surface area contributed by atoms with Crippen LogP contribution >= 0.6 is 12.2 Å². The first-order chi connectivity index (χ1) is 18.0. The quantitative estimate of drug-likeness (QED) is 0.269. The molecule has 0 unspecified atom stereocenters. The van der Waals surface area contributed by atoms with Gasteiger partial charge in [0.05, 0.1) is 13.3 Å². The third-order valence-electron chi connectivity index (χ3n) is 5.68. The molecule has 4 rings (SSSR count). The number of hydrogen-bond acceptors (Lipinski definition) is 6. The number of ketones is 1.